The van der Waals surface area contributed by atoms with Gasteiger partial charge in [0.15, 0.2) is 0 Å². The topological polar surface area (TPSA) is 72.9 Å². The van der Waals surface area contributed by atoms with Crippen LogP contribution < -0.4 is 5.32 Å². The molecule has 0 radical (unpaired) electrons. The number of carboxylic acid groups (broad SMARTS) is 1. The maximum atomic E-state index is 13.0. The summed E-state index contributed by atoms with van der Waals surface area (Å²) in [6, 6.07) is -1.41. The SMILES string of the molecule is CCC1CN(C(=O)NC(F)C(F)F)CC1N(C(=O)O)C(C)(C)C. The van der Waals surface area contributed by atoms with Crippen LogP contribution in [0.3, 0.4) is 0 Å². The second-order valence-corrected chi connectivity index (χ2v) is 6.65. The summed E-state index contributed by atoms with van der Waals surface area (Å²) >= 11 is 0. The number of carbonyl (C=O) groups excluding carboxylic acids is 1. The van der Waals surface area contributed by atoms with Gasteiger partial charge in [-0.3, -0.25) is 4.90 Å². The van der Waals surface area contributed by atoms with Crippen molar-refractivity contribution in [1.29, 1.82) is 0 Å². The molecule has 2 N–H and O–H groups in total. The fraction of sp³-hybridized carbons (Fsp3) is 0.857. The molecule has 9 heteroatoms. The predicted octanol–water partition coefficient (Wildman–Crippen LogP) is 2.75. The van der Waals surface area contributed by atoms with E-state index in [9.17, 15) is 27.9 Å². The first-order chi connectivity index (χ1) is 10.5. The Morgan fingerprint density at radius 1 is 1.30 bits per heavy atom. The third-order valence-corrected chi connectivity index (χ3v) is 3.96. The van der Waals surface area contributed by atoms with Crippen LogP contribution in [-0.2, 0) is 0 Å². The van der Waals surface area contributed by atoms with Crippen LogP contribution in [0.5, 0.6) is 0 Å². The number of rotatable bonds is 4. The molecule has 1 aliphatic heterocycles. The van der Waals surface area contributed by atoms with Gasteiger partial charge in [0.1, 0.15) is 0 Å². The highest BCUT2D eigenvalue weighted by Gasteiger charge is 2.44. The molecule has 0 saturated carbocycles. The first-order valence-electron chi connectivity index (χ1n) is 7.49. The van der Waals surface area contributed by atoms with Crippen LogP contribution in [0.15, 0.2) is 0 Å². The number of alkyl halides is 3. The first kappa shape index (κ1) is 19.4. The van der Waals surface area contributed by atoms with Crippen LogP contribution in [0.4, 0.5) is 22.8 Å². The van der Waals surface area contributed by atoms with Crippen molar-refractivity contribution in [3.05, 3.63) is 0 Å². The number of nitrogens with zero attached hydrogens (tertiary/aromatic N) is 2. The van der Waals surface area contributed by atoms with Gasteiger partial charge in [-0.05, 0) is 33.1 Å². The number of halogens is 3. The van der Waals surface area contributed by atoms with Crippen LogP contribution in [0.25, 0.3) is 0 Å². The summed E-state index contributed by atoms with van der Waals surface area (Å²) < 4.78 is 37.4. The molecule has 1 saturated heterocycles. The lowest BCUT2D eigenvalue weighted by Crippen LogP contribution is -2.54. The predicted molar refractivity (Wildman–Crippen MR) is 78.2 cm³/mol. The van der Waals surface area contributed by atoms with Crippen LogP contribution in [0, 0.1) is 5.92 Å². The quantitative estimate of drug-likeness (QED) is 0.774. The Hall–Kier alpha value is -1.67. The molecule has 0 aromatic rings. The van der Waals surface area contributed by atoms with E-state index in [0.717, 1.165) is 0 Å². The van der Waals surface area contributed by atoms with Crippen molar-refractivity contribution in [3.63, 3.8) is 0 Å². The summed E-state index contributed by atoms with van der Waals surface area (Å²) in [6.45, 7) is 7.33. The Kier molecular flexibility index (Phi) is 6.12. The fourth-order valence-corrected chi connectivity index (χ4v) is 2.91. The number of nitrogens with one attached hydrogen (secondary N) is 1. The molecule has 0 bridgehead atoms. The Balaban J connectivity index is 2.88. The summed E-state index contributed by atoms with van der Waals surface area (Å²) in [6.07, 6.45) is -6.54. The minimum Gasteiger partial charge on any atom is -0.465 e. The van der Waals surface area contributed by atoms with E-state index in [1.54, 1.807) is 26.1 Å². The zero-order valence-electron chi connectivity index (χ0n) is 13.7. The monoisotopic (exact) mass is 339 g/mol. The van der Waals surface area contributed by atoms with Crippen molar-refractivity contribution >= 4 is 12.1 Å². The summed E-state index contributed by atoms with van der Waals surface area (Å²) in [5.74, 6) is -0.138. The van der Waals surface area contributed by atoms with Crippen LogP contribution in [0.2, 0.25) is 0 Å². The molecule has 1 fully saturated rings. The molecular weight excluding hydrogens is 315 g/mol. The average molecular weight is 339 g/mol. The van der Waals surface area contributed by atoms with Crippen LogP contribution in [-0.4, -0.2) is 64.4 Å². The molecule has 0 aromatic carbocycles. The number of hydrogen-bond acceptors (Lipinski definition) is 2. The maximum Gasteiger partial charge on any atom is 0.408 e. The van der Waals surface area contributed by atoms with Gasteiger partial charge in [0, 0.05) is 18.6 Å². The smallest absolute Gasteiger partial charge is 0.408 e. The van der Waals surface area contributed by atoms with Crippen molar-refractivity contribution in [2.45, 2.75) is 58.4 Å². The lowest BCUT2D eigenvalue weighted by atomic mass is 9.95. The van der Waals surface area contributed by atoms with E-state index < -0.39 is 36.4 Å². The van der Waals surface area contributed by atoms with Crippen molar-refractivity contribution in [1.82, 2.24) is 15.1 Å². The van der Waals surface area contributed by atoms with E-state index in [-0.39, 0.29) is 19.0 Å². The third kappa shape index (κ3) is 4.65. The lowest BCUT2D eigenvalue weighted by Gasteiger charge is -2.40. The van der Waals surface area contributed by atoms with Gasteiger partial charge in [-0.15, -0.1) is 0 Å². The molecule has 1 heterocycles. The Bertz CT molecular complexity index is 443. The minimum absolute atomic E-state index is 0.0455. The second-order valence-electron chi connectivity index (χ2n) is 6.65. The van der Waals surface area contributed by atoms with Gasteiger partial charge in [-0.1, -0.05) is 6.92 Å². The Morgan fingerprint density at radius 3 is 2.26 bits per heavy atom. The second kappa shape index (κ2) is 7.27. The molecule has 0 spiro atoms. The average Bonchev–Trinajstić information content (AvgIpc) is 2.80. The number of likely N-dealkylation sites (tertiary alicyclic amines) is 1. The number of hydrogen-bond donors (Lipinski definition) is 2. The van der Waals surface area contributed by atoms with E-state index in [4.69, 9.17) is 0 Å². The van der Waals surface area contributed by atoms with E-state index in [0.29, 0.717) is 6.42 Å². The van der Waals surface area contributed by atoms with Crippen molar-refractivity contribution in [2.24, 2.45) is 5.92 Å². The standard InChI is InChI=1S/C14H24F3N3O3/c1-5-8-6-19(12(21)18-11(17)10(15)16)7-9(8)20(13(22)23)14(2,3)4/h8-11H,5-7H2,1-4H3,(H,18,21)(H,22,23). The Morgan fingerprint density at radius 2 is 1.87 bits per heavy atom. The third-order valence-electron chi connectivity index (χ3n) is 3.96. The van der Waals surface area contributed by atoms with E-state index in [1.165, 1.54) is 9.80 Å². The van der Waals surface area contributed by atoms with E-state index in [1.807, 2.05) is 6.92 Å². The van der Waals surface area contributed by atoms with Crippen LogP contribution in [0.1, 0.15) is 34.1 Å². The van der Waals surface area contributed by atoms with Crippen molar-refractivity contribution in [3.8, 4) is 0 Å². The highest BCUT2D eigenvalue weighted by Crippen LogP contribution is 2.30. The van der Waals surface area contributed by atoms with E-state index >= 15 is 0 Å². The summed E-state index contributed by atoms with van der Waals surface area (Å²) in [7, 11) is 0. The van der Waals surface area contributed by atoms with Gasteiger partial charge in [-0.2, -0.15) is 0 Å². The molecule has 3 unspecified atom stereocenters. The fourth-order valence-electron chi connectivity index (χ4n) is 2.91. The molecule has 1 rings (SSSR count). The summed E-state index contributed by atoms with van der Waals surface area (Å²) in [5.41, 5.74) is -0.679. The van der Waals surface area contributed by atoms with Gasteiger partial charge < -0.3 is 15.3 Å². The van der Waals surface area contributed by atoms with Gasteiger partial charge >= 0.3 is 12.1 Å². The van der Waals surface area contributed by atoms with Crippen LogP contribution >= 0.6 is 0 Å². The zero-order valence-corrected chi connectivity index (χ0v) is 13.7. The zero-order chi connectivity index (χ0) is 17.9. The number of carbonyl (C=O) groups is 2. The van der Waals surface area contributed by atoms with Gasteiger partial charge in [-0.25, -0.2) is 22.8 Å². The molecule has 0 aromatic heterocycles. The normalized spacial score (nSPS) is 23.0. The first-order valence-corrected chi connectivity index (χ1v) is 7.49. The van der Waals surface area contributed by atoms with Gasteiger partial charge in [0.05, 0.1) is 6.04 Å². The molecule has 1 aliphatic rings. The highest BCUT2D eigenvalue weighted by atomic mass is 19.3. The van der Waals surface area contributed by atoms with E-state index in [2.05, 4.69) is 0 Å². The summed E-state index contributed by atoms with van der Waals surface area (Å²) in [5, 5.41) is 11.1. The highest BCUT2D eigenvalue weighted by molar-refractivity contribution is 5.75. The maximum absolute atomic E-state index is 13.0. The van der Waals surface area contributed by atoms with Crippen molar-refractivity contribution in [2.75, 3.05) is 13.1 Å². The minimum atomic E-state index is -3.30. The lowest BCUT2D eigenvalue weighted by molar-refractivity contribution is 0.0335. The molecule has 0 aliphatic carbocycles. The summed E-state index contributed by atoms with van der Waals surface area (Å²) in [4.78, 5) is 25.9. The molecular formula is C14H24F3N3O3. The van der Waals surface area contributed by atoms with Gasteiger partial charge in [0.25, 0.3) is 6.43 Å². The molecule has 6 nitrogen and oxygen atoms in total. The largest absolute Gasteiger partial charge is 0.465 e. The molecule has 3 amide bonds. The molecule has 23 heavy (non-hydrogen) atoms. The number of urea groups is 1. The van der Waals surface area contributed by atoms with Crippen molar-refractivity contribution < 1.29 is 27.9 Å². The van der Waals surface area contributed by atoms with Gasteiger partial charge in [0.2, 0.25) is 6.30 Å². The Labute approximate surface area is 133 Å². The molecule has 134 valence electrons. The molecule has 3 atom stereocenters. The number of amides is 3.